The lowest BCUT2D eigenvalue weighted by Gasteiger charge is -2.47. The van der Waals surface area contributed by atoms with Crippen LogP contribution in [0.4, 0.5) is 5.69 Å². The van der Waals surface area contributed by atoms with Crippen molar-refractivity contribution in [3.63, 3.8) is 0 Å². The molecular formula is C29H42N5P. The average molecular weight is 492 g/mol. The minimum absolute atomic E-state index is 0.0382. The van der Waals surface area contributed by atoms with Crippen molar-refractivity contribution in [3.05, 3.63) is 65.2 Å². The van der Waals surface area contributed by atoms with E-state index in [4.69, 9.17) is 14.9 Å². The van der Waals surface area contributed by atoms with Crippen LogP contribution in [0.25, 0.3) is 0 Å². The largest absolute Gasteiger partial charge is 0.263 e. The number of nitrogens with zero attached hydrogens (tertiary/aromatic N) is 5. The second kappa shape index (κ2) is 10.5. The Morgan fingerprint density at radius 1 is 0.714 bits per heavy atom. The average Bonchev–Trinajstić information content (AvgIpc) is 3.39. The van der Waals surface area contributed by atoms with Crippen LogP contribution in [0.2, 0.25) is 0 Å². The Kier molecular flexibility index (Phi) is 7.34. The highest BCUT2D eigenvalue weighted by molar-refractivity contribution is 7.68. The van der Waals surface area contributed by atoms with Crippen molar-refractivity contribution in [3.8, 4) is 0 Å². The molecule has 2 aliphatic rings. The Morgan fingerprint density at radius 2 is 1.17 bits per heavy atom. The summed E-state index contributed by atoms with van der Waals surface area (Å²) in [6, 6.07) is 15.3. The van der Waals surface area contributed by atoms with Gasteiger partial charge in [0.15, 0.2) is 5.91 Å². The number of rotatable bonds is 6. The monoisotopic (exact) mass is 491 g/mol. The molecular weight excluding hydrogens is 449 g/mol. The normalized spacial score (nSPS) is 18.3. The molecule has 0 unspecified atom stereocenters. The lowest BCUT2D eigenvalue weighted by Crippen LogP contribution is -2.34. The van der Waals surface area contributed by atoms with Crippen LogP contribution in [0.15, 0.2) is 47.2 Å². The van der Waals surface area contributed by atoms with Crippen molar-refractivity contribution < 1.29 is 0 Å². The van der Waals surface area contributed by atoms with Crippen molar-refractivity contribution in [2.24, 2.45) is 4.74 Å². The molecule has 0 radical (unpaired) electrons. The summed E-state index contributed by atoms with van der Waals surface area (Å²) >= 11 is 0. The van der Waals surface area contributed by atoms with E-state index in [2.05, 4.69) is 79.5 Å². The van der Waals surface area contributed by atoms with Gasteiger partial charge in [0, 0.05) is 18.4 Å². The van der Waals surface area contributed by atoms with Gasteiger partial charge in [0.05, 0.1) is 17.1 Å². The van der Waals surface area contributed by atoms with E-state index in [1.165, 1.54) is 75.6 Å². The van der Waals surface area contributed by atoms with Gasteiger partial charge in [0.25, 0.3) is 0 Å². The minimum atomic E-state index is -2.02. The minimum Gasteiger partial charge on any atom is -0.263 e. The molecule has 0 saturated heterocycles. The molecule has 5 nitrogen and oxygen atoms in total. The van der Waals surface area contributed by atoms with Gasteiger partial charge in [-0.25, -0.2) is 9.36 Å². The van der Waals surface area contributed by atoms with Gasteiger partial charge in [-0.15, -0.1) is 0 Å². The van der Waals surface area contributed by atoms with Crippen molar-refractivity contribution >= 4 is 12.7 Å². The van der Waals surface area contributed by atoms with Crippen LogP contribution in [-0.2, 0) is 0 Å². The molecule has 5 rings (SSSR count). The van der Waals surface area contributed by atoms with Gasteiger partial charge in [0.2, 0.25) is 0 Å². The molecule has 2 aliphatic carbocycles. The quantitative estimate of drug-likeness (QED) is 0.324. The Bertz CT molecular complexity index is 1110. The molecule has 188 valence electrons. The standard InChI is InChI=1S/C29H42N5P/c1-22-20-24(3)33(30-22)29(34-25(4)21-23(2)31-34)35(27-16-10-6-11-17-27,28-18-12-7-13-19-28)32-26-14-8-5-9-15-26/h5,8-9,14-15,20-21,27-29H,6-7,10-13,16-19H2,1-4H3. The third-order valence-corrected chi connectivity index (χ3v) is 13.4. The molecule has 3 aromatic rings. The summed E-state index contributed by atoms with van der Waals surface area (Å²) in [6.45, 7) is 8.68. The zero-order chi connectivity index (χ0) is 24.4. The first-order valence-electron chi connectivity index (χ1n) is 13.7. The Hall–Kier alpha value is -2.13. The Morgan fingerprint density at radius 3 is 1.57 bits per heavy atom. The van der Waals surface area contributed by atoms with Crippen molar-refractivity contribution in [2.45, 2.75) is 109 Å². The molecule has 0 amide bonds. The van der Waals surface area contributed by atoms with Crippen LogP contribution < -0.4 is 0 Å². The molecule has 2 fully saturated rings. The number of hydrogen-bond acceptors (Lipinski definition) is 3. The predicted octanol–water partition coefficient (Wildman–Crippen LogP) is 8.52. The summed E-state index contributed by atoms with van der Waals surface area (Å²) in [5.74, 6) is 0.0382. The second-order valence-corrected chi connectivity index (χ2v) is 14.6. The molecule has 2 aromatic heterocycles. The smallest absolute Gasteiger partial charge is 0.178 e. The molecule has 0 N–H and O–H groups in total. The number of aryl methyl sites for hydroxylation is 4. The van der Waals surface area contributed by atoms with E-state index in [1.807, 2.05) is 0 Å². The summed E-state index contributed by atoms with van der Waals surface area (Å²) in [5, 5.41) is 10.3. The third kappa shape index (κ3) is 4.81. The fourth-order valence-electron chi connectivity index (χ4n) is 6.79. The van der Waals surface area contributed by atoms with Crippen LogP contribution >= 0.6 is 7.05 Å². The SMILES string of the molecule is Cc1cc(C)n(C(n2nc(C)cc2C)P(=Nc2ccccc2)(C2CCCCC2)C2CCCCC2)n1. The van der Waals surface area contributed by atoms with E-state index in [-0.39, 0.29) is 5.91 Å². The van der Waals surface area contributed by atoms with E-state index < -0.39 is 7.05 Å². The molecule has 0 atom stereocenters. The van der Waals surface area contributed by atoms with Crippen LogP contribution in [0.1, 0.15) is 92.9 Å². The van der Waals surface area contributed by atoms with Crippen LogP contribution in [-0.4, -0.2) is 30.9 Å². The van der Waals surface area contributed by atoms with Crippen LogP contribution in [0.3, 0.4) is 0 Å². The maximum absolute atomic E-state index is 5.98. The van der Waals surface area contributed by atoms with Gasteiger partial charge in [-0.05, 0) is 89.0 Å². The molecule has 2 saturated carbocycles. The van der Waals surface area contributed by atoms with E-state index in [9.17, 15) is 0 Å². The summed E-state index contributed by atoms with van der Waals surface area (Å²) < 4.78 is 10.6. The van der Waals surface area contributed by atoms with E-state index >= 15 is 0 Å². The molecule has 6 heteroatoms. The Balaban J connectivity index is 1.85. The molecule has 1 aromatic carbocycles. The fourth-order valence-corrected chi connectivity index (χ4v) is 12.7. The first-order valence-corrected chi connectivity index (χ1v) is 15.7. The first-order chi connectivity index (χ1) is 17.0. The Labute approximate surface area is 211 Å². The summed E-state index contributed by atoms with van der Waals surface area (Å²) in [5.41, 5.74) is 7.00. The first kappa shape index (κ1) is 24.6. The summed E-state index contributed by atoms with van der Waals surface area (Å²) in [7, 11) is -2.02. The second-order valence-electron chi connectivity index (χ2n) is 10.9. The highest BCUT2D eigenvalue weighted by Crippen LogP contribution is 2.73. The molecule has 35 heavy (non-hydrogen) atoms. The van der Waals surface area contributed by atoms with Crippen LogP contribution in [0.5, 0.6) is 0 Å². The topological polar surface area (TPSA) is 48.0 Å². The zero-order valence-electron chi connectivity index (χ0n) is 22.0. The maximum Gasteiger partial charge on any atom is 0.178 e. The lowest BCUT2D eigenvalue weighted by atomic mass is 9.99. The molecule has 2 heterocycles. The summed E-state index contributed by atoms with van der Waals surface area (Å²) in [6.07, 6.45) is 13.2. The van der Waals surface area contributed by atoms with Crippen LogP contribution in [0, 0.1) is 27.7 Å². The van der Waals surface area contributed by atoms with E-state index in [1.54, 1.807) is 0 Å². The van der Waals surface area contributed by atoms with Gasteiger partial charge in [-0.2, -0.15) is 10.2 Å². The molecule has 0 spiro atoms. The number of aromatic nitrogens is 4. The highest BCUT2D eigenvalue weighted by atomic mass is 31.2. The van der Waals surface area contributed by atoms with Crippen molar-refractivity contribution in [1.29, 1.82) is 0 Å². The third-order valence-electron chi connectivity index (χ3n) is 8.26. The predicted molar refractivity (Wildman–Crippen MR) is 147 cm³/mol. The van der Waals surface area contributed by atoms with Crippen molar-refractivity contribution in [1.82, 2.24) is 19.6 Å². The number of hydrogen-bond donors (Lipinski definition) is 0. The van der Waals surface area contributed by atoms with Gasteiger partial charge >= 0.3 is 0 Å². The van der Waals surface area contributed by atoms with Gasteiger partial charge < -0.3 is 0 Å². The fraction of sp³-hybridized carbons (Fsp3) is 0.586. The zero-order valence-corrected chi connectivity index (χ0v) is 22.9. The maximum atomic E-state index is 5.98. The highest BCUT2D eigenvalue weighted by Gasteiger charge is 2.48. The molecule has 0 bridgehead atoms. The van der Waals surface area contributed by atoms with Gasteiger partial charge in [0.1, 0.15) is 0 Å². The van der Waals surface area contributed by atoms with Gasteiger partial charge in [-0.1, -0.05) is 56.7 Å². The lowest BCUT2D eigenvalue weighted by molar-refractivity contribution is 0.419. The summed E-state index contributed by atoms with van der Waals surface area (Å²) in [4.78, 5) is 0. The van der Waals surface area contributed by atoms with Crippen molar-refractivity contribution in [2.75, 3.05) is 0 Å². The molecule has 0 aliphatic heterocycles. The van der Waals surface area contributed by atoms with E-state index in [0.717, 1.165) is 17.1 Å². The number of benzene rings is 1. The van der Waals surface area contributed by atoms with E-state index in [0.29, 0.717) is 11.3 Å². The van der Waals surface area contributed by atoms with Gasteiger partial charge in [-0.3, -0.25) is 4.74 Å².